The molecule has 2 N–H and O–H groups in total. The Morgan fingerprint density at radius 2 is 2.33 bits per heavy atom. The number of carbonyl (C=O) groups is 2. The predicted molar refractivity (Wildman–Crippen MR) is 69.6 cm³/mol. The van der Waals surface area contributed by atoms with Crippen molar-refractivity contribution in [1.82, 2.24) is 10.2 Å². The molecule has 102 valence electrons. The molecule has 2 amide bonds. The highest BCUT2D eigenvalue weighted by Gasteiger charge is 2.34. The molecule has 0 aliphatic carbocycles. The zero-order chi connectivity index (χ0) is 13.4. The fraction of sp³-hybridized carbons (Fsp3) is 0.636. The Labute approximate surface area is 110 Å². The molecule has 1 aliphatic rings. The normalized spacial score (nSPS) is 18.7. The molecule has 0 spiro atoms. The summed E-state index contributed by atoms with van der Waals surface area (Å²) in [5, 5.41) is 11.6. The van der Waals surface area contributed by atoms with E-state index >= 15 is 0 Å². The van der Waals surface area contributed by atoms with E-state index in [-0.39, 0.29) is 6.03 Å². The van der Waals surface area contributed by atoms with Crippen LogP contribution in [-0.2, 0) is 9.53 Å². The third-order valence-corrected chi connectivity index (χ3v) is 3.43. The summed E-state index contributed by atoms with van der Waals surface area (Å²) in [6, 6.07) is -1.07. The van der Waals surface area contributed by atoms with Crippen LogP contribution in [0.3, 0.4) is 0 Å². The van der Waals surface area contributed by atoms with Crippen molar-refractivity contribution >= 4 is 23.8 Å². The lowest BCUT2D eigenvalue weighted by Crippen LogP contribution is -2.47. The zero-order valence-corrected chi connectivity index (χ0v) is 10.9. The number of ether oxygens (including phenoxy) is 1. The van der Waals surface area contributed by atoms with Crippen LogP contribution in [0.1, 0.15) is 6.42 Å². The summed E-state index contributed by atoms with van der Waals surface area (Å²) >= 11 is 1.44. The first-order valence-electron chi connectivity index (χ1n) is 5.70. The van der Waals surface area contributed by atoms with Crippen molar-refractivity contribution in [2.75, 3.05) is 31.4 Å². The van der Waals surface area contributed by atoms with Gasteiger partial charge in [-0.05, 0) is 6.42 Å². The zero-order valence-electron chi connectivity index (χ0n) is 10.1. The standard InChI is InChI=1S/C11H18N2O4S/c1-2-3-5-17-6-4-12-11(16)13-8-18-7-9(13)10(14)15/h2,9H,1,3-8H2,(H,12,16)(H,14,15)/t9-/m0/s1. The average Bonchev–Trinajstić information content (AvgIpc) is 2.82. The maximum absolute atomic E-state index is 11.7. The van der Waals surface area contributed by atoms with Gasteiger partial charge in [0.05, 0.1) is 19.1 Å². The second-order valence-corrected chi connectivity index (χ2v) is 4.75. The number of thioether (sulfide) groups is 1. The number of amides is 2. The van der Waals surface area contributed by atoms with Crippen LogP contribution in [0.2, 0.25) is 0 Å². The van der Waals surface area contributed by atoms with Gasteiger partial charge in [-0.15, -0.1) is 18.3 Å². The van der Waals surface area contributed by atoms with Crippen LogP contribution in [-0.4, -0.2) is 59.4 Å². The SMILES string of the molecule is C=CCCOCCNC(=O)N1CSC[C@H]1C(=O)O. The number of hydrogen-bond acceptors (Lipinski definition) is 4. The van der Waals surface area contributed by atoms with Gasteiger partial charge in [-0.2, -0.15) is 0 Å². The number of carboxylic acid groups (broad SMARTS) is 1. The van der Waals surface area contributed by atoms with E-state index in [2.05, 4.69) is 11.9 Å². The highest BCUT2D eigenvalue weighted by atomic mass is 32.2. The Kier molecular flexibility index (Phi) is 6.59. The van der Waals surface area contributed by atoms with Crippen LogP contribution in [0.5, 0.6) is 0 Å². The number of hydrogen-bond donors (Lipinski definition) is 2. The molecule has 1 rings (SSSR count). The van der Waals surface area contributed by atoms with Crippen molar-refractivity contribution in [2.24, 2.45) is 0 Å². The molecule has 1 saturated heterocycles. The highest BCUT2D eigenvalue weighted by Crippen LogP contribution is 2.20. The van der Waals surface area contributed by atoms with Crippen LogP contribution in [0.25, 0.3) is 0 Å². The molecular formula is C11H18N2O4S. The number of carboxylic acids is 1. The van der Waals surface area contributed by atoms with Crippen LogP contribution in [0.4, 0.5) is 4.79 Å². The van der Waals surface area contributed by atoms with E-state index < -0.39 is 12.0 Å². The molecule has 1 atom stereocenters. The van der Waals surface area contributed by atoms with E-state index in [0.717, 1.165) is 6.42 Å². The number of carbonyl (C=O) groups excluding carboxylic acids is 1. The molecule has 18 heavy (non-hydrogen) atoms. The third kappa shape index (κ3) is 4.58. The Balaban J connectivity index is 2.20. The summed E-state index contributed by atoms with van der Waals surface area (Å²) in [5.41, 5.74) is 0. The first-order chi connectivity index (χ1) is 8.66. The van der Waals surface area contributed by atoms with E-state index in [4.69, 9.17) is 9.84 Å². The summed E-state index contributed by atoms with van der Waals surface area (Å²) < 4.78 is 5.24. The second kappa shape index (κ2) is 7.99. The first kappa shape index (κ1) is 14.8. The van der Waals surface area contributed by atoms with Crippen molar-refractivity contribution in [3.8, 4) is 0 Å². The van der Waals surface area contributed by atoms with Crippen molar-refractivity contribution < 1.29 is 19.4 Å². The molecule has 0 bridgehead atoms. The fourth-order valence-corrected chi connectivity index (χ4v) is 2.59. The van der Waals surface area contributed by atoms with Crippen molar-refractivity contribution in [2.45, 2.75) is 12.5 Å². The molecule has 1 heterocycles. The highest BCUT2D eigenvalue weighted by molar-refractivity contribution is 7.99. The lowest BCUT2D eigenvalue weighted by molar-refractivity contribution is -0.140. The van der Waals surface area contributed by atoms with Crippen LogP contribution < -0.4 is 5.32 Å². The number of aliphatic carboxylic acids is 1. The Morgan fingerprint density at radius 1 is 1.56 bits per heavy atom. The summed E-state index contributed by atoms with van der Waals surface area (Å²) in [6.45, 7) is 4.94. The van der Waals surface area contributed by atoms with E-state index in [1.54, 1.807) is 6.08 Å². The average molecular weight is 274 g/mol. The van der Waals surface area contributed by atoms with Crippen molar-refractivity contribution in [3.63, 3.8) is 0 Å². The molecular weight excluding hydrogens is 256 g/mol. The smallest absolute Gasteiger partial charge is 0.327 e. The quantitative estimate of drug-likeness (QED) is 0.529. The molecule has 0 aromatic carbocycles. The molecule has 0 unspecified atom stereocenters. The lowest BCUT2D eigenvalue weighted by atomic mass is 10.3. The van der Waals surface area contributed by atoms with Gasteiger partial charge >= 0.3 is 12.0 Å². The summed E-state index contributed by atoms with van der Waals surface area (Å²) in [7, 11) is 0. The van der Waals surface area contributed by atoms with Gasteiger partial charge in [0, 0.05) is 12.3 Å². The lowest BCUT2D eigenvalue weighted by Gasteiger charge is -2.20. The van der Waals surface area contributed by atoms with Gasteiger partial charge in [-0.3, -0.25) is 0 Å². The molecule has 1 fully saturated rings. The minimum Gasteiger partial charge on any atom is -0.480 e. The fourth-order valence-electron chi connectivity index (χ4n) is 1.45. The first-order valence-corrected chi connectivity index (χ1v) is 6.86. The molecule has 0 aromatic heterocycles. The van der Waals surface area contributed by atoms with Gasteiger partial charge < -0.3 is 20.1 Å². The van der Waals surface area contributed by atoms with Crippen LogP contribution in [0, 0.1) is 0 Å². The molecule has 6 nitrogen and oxygen atoms in total. The van der Waals surface area contributed by atoms with E-state index in [9.17, 15) is 9.59 Å². The predicted octanol–water partition coefficient (Wildman–Crippen LogP) is 0.748. The van der Waals surface area contributed by atoms with Gasteiger partial charge in [0.25, 0.3) is 0 Å². The van der Waals surface area contributed by atoms with Gasteiger partial charge in [-0.1, -0.05) is 6.08 Å². The van der Waals surface area contributed by atoms with Crippen LogP contribution in [0.15, 0.2) is 12.7 Å². The monoisotopic (exact) mass is 274 g/mol. The number of nitrogens with zero attached hydrogens (tertiary/aromatic N) is 1. The van der Waals surface area contributed by atoms with Gasteiger partial charge in [0.2, 0.25) is 0 Å². The maximum Gasteiger partial charge on any atom is 0.327 e. The Morgan fingerprint density at radius 3 is 3.00 bits per heavy atom. The summed E-state index contributed by atoms with van der Waals surface area (Å²) in [4.78, 5) is 23.9. The van der Waals surface area contributed by atoms with Gasteiger partial charge in [0.15, 0.2) is 0 Å². The largest absolute Gasteiger partial charge is 0.480 e. The van der Waals surface area contributed by atoms with Crippen molar-refractivity contribution in [3.05, 3.63) is 12.7 Å². The molecule has 0 radical (unpaired) electrons. The minimum atomic E-state index is -0.961. The number of nitrogens with one attached hydrogen (secondary N) is 1. The molecule has 0 aromatic rings. The van der Waals surface area contributed by atoms with Gasteiger partial charge in [-0.25, -0.2) is 9.59 Å². The Hall–Kier alpha value is -1.21. The molecule has 1 aliphatic heterocycles. The maximum atomic E-state index is 11.7. The van der Waals surface area contributed by atoms with E-state index in [1.807, 2.05) is 0 Å². The minimum absolute atomic E-state index is 0.347. The number of urea groups is 1. The van der Waals surface area contributed by atoms with Crippen molar-refractivity contribution in [1.29, 1.82) is 0 Å². The van der Waals surface area contributed by atoms with Gasteiger partial charge in [0.1, 0.15) is 6.04 Å². The van der Waals surface area contributed by atoms with Crippen LogP contribution >= 0.6 is 11.8 Å². The Bertz CT molecular complexity index is 311. The van der Waals surface area contributed by atoms with E-state index in [0.29, 0.717) is 31.4 Å². The third-order valence-electron chi connectivity index (χ3n) is 2.42. The number of rotatable bonds is 7. The topological polar surface area (TPSA) is 78.9 Å². The summed E-state index contributed by atoms with van der Waals surface area (Å²) in [5.74, 6) is -0.101. The summed E-state index contributed by atoms with van der Waals surface area (Å²) in [6.07, 6.45) is 2.54. The second-order valence-electron chi connectivity index (χ2n) is 3.75. The molecule has 7 heteroatoms. The van der Waals surface area contributed by atoms with E-state index in [1.165, 1.54) is 16.7 Å². The molecule has 0 saturated carbocycles.